The monoisotopic (exact) mass is 167 g/mol. The molecule has 2 fully saturated rings. The summed E-state index contributed by atoms with van der Waals surface area (Å²) in [5, 5.41) is 0. The first-order chi connectivity index (χ1) is 5.59. The molecule has 0 amide bonds. The highest BCUT2D eigenvalue weighted by Crippen LogP contribution is 2.60. The molecule has 0 radical (unpaired) electrons. The van der Waals surface area contributed by atoms with Crippen LogP contribution in [0.5, 0.6) is 0 Å². The first-order valence-corrected chi connectivity index (χ1v) is 5.35. The second-order valence-corrected chi connectivity index (χ2v) is 5.12. The molecule has 0 aromatic heterocycles. The Morgan fingerprint density at radius 1 is 1.25 bits per heavy atom. The van der Waals surface area contributed by atoms with E-state index >= 15 is 0 Å². The quantitative estimate of drug-likeness (QED) is 0.611. The lowest BCUT2D eigenvalue weighted by atomic mass is 9.98. The molecule has 1 nitrogen and oxygen atoms in total. The standard InChI is InChI=1S/C11H21N/c1-8(2)11-7-10(11)5-6-12(11)9(3)4/h8-10H,5-7H2,1-4H3/t10-,11-/m1/s1. The van der Waals surface area contributed by atoms with Gasteiger partial charge in [-0.05, 0) is 45.1 Å². The topological polar surface area (TPSA) is 3.24 Å². The van der Waals surface area contributed by atoms with E-state index in [2.05, 4.69) is 32.6 Å². The molecule has 1 saturated carbocycles. The van der Waals surface area contributed by atoms with Crippen LogP contribution in [0.2, 0.25) is 0 Å². The molecule has 2 atom stereocenters. The van der Waals surface area contributed by atoms with Gasteiger partial charge in [-0.2, -0.15) is 0 Å². The van der Waals surface area contributed by atoms with Gasteiger partial charge in [0.25, 0.3) is 0 Å². The fourth-order valence-electron chi connectivity index (χ4n) is 3.32. The van der Waals surface area contributed by atoms with E-state index in [0.717, 1.165) is 17.9 Å². The van der Waals surface area contributed by atoms with Crippen molar-refractivity contribution in [2.75, 3.05) is 6.54 Å². The van der Waals surface area contributed by atoms with Crippen LogP contribution in [0.3, 0.4) is 0 Å². The van der Waals surface area contributed by atoms with Crippen molar-refractivity contribution >= 4 is 0 Å². The van der Waals surface area contributed by atoms with Crippen molar-refractivity contribution in [1.29, 1.82) is 0 Å². The summed E-state index contributed by atoms with van der Waals surface area (Å²) in [5.41, 5.74) is 0.633. The molecular formula is C11H21N. The van der Waals surface area contributed by atoms with Gasteiger partial charge in [0.05, 0.1) is 0 Å². The van der Waals surface area contributed by atoms with E-state index in [9.17, 15) is 0 Å². The number of likely N-dealkylation sites (tertiary alicyclic amines) is 1. The van der Waals surface area contributed by atoms with Gasteiger partial charge < -0.3 is 0 Å². The van der Waals surface area contributed by atoms with Gasteiger partial charge in [0.1, 0.15) is 0 Å². The summed E-state index contributed by atoms with van der Waals surface area (Å²) >= 11 is 0. The van der Waals surface area contributed by atoms with Crippen molar-refractivity contribution in [3.05, 3.63) is 0 Å². The van der Waals surface area contributed by atoms with Gasteiger partial charge in [0.2, 0.25) is 0 Å². The zero-order valence-corrected chi connectivity index (χ0v) is 8.80. The summed E-state index contributed by atoms with van der Waals surface area (Å²) in [6.45, 7) is 10.8. The minimum Gasteiger partial charge on any atom is -0.295 e. The maximum Gasteiger partial charge on any atom is 0.0267 e. The van der Waals surface area contributed by atoms with Crippen molar-refractivity contribution in [2.24, 2.45) is 11.8 Å². The van der Waals surface area contributed by atoms with E-state index in [1.807, 2.05) is 0 Å². The second-order valence-electron chi connectivity index (χ2n) is 5.12. The Labute approximate surface area is 76.1 Å². The molecular weight excluding hydrogens is 146 g/mol. The minimum atomic E-state index is 0.633. The van der Waals surface area contributed by atoms with E-state index < -0.39 is 0 Å². The maximum absolute atomic E-state index is 2.74. The summed E-state index contributed by atoms with van der Waals surface area (Å²) in [4.78, 5) is 2.74. The van der Waals surface area contributed by atoms with Crippen molar-refractivity contribution < 1.29 is 0 Å². The predicted molar refractivity (Wildman–Crippen MR) is 52.1 cm³/mol. The second kappa shape index (κ2) is 2.47. The van der Waals surface area contributed by atoms with Crippen LogP contribution in [0.15, 0.2) is 0 Å². The van der Waals surface area contributed by atoms with Crippen LogP contribution < -0.4 is 0 Å². The lowest BCUT2D eigenvalue weighted by Crippen LogP contribution is -2.43. The van der Waals surface area contributed by atoms with Gasteiger partial charge in [-0.25, -0.2) is 0 Å². The molecule has 0 aromatic carbocycles. The van der Waals surface area contributed by atoms with Crippen LogP contribution in [-0.2, 0) is 0 Å². The van der Waals surface area contributed by atoms with Crippen LogP contribution in [0.4, 0.5) is 0 Å². The summed E-state index contributed by atoms with van der Waals surface area (Å²) in [5.74, 6) is 1.90. The highest BCUT2D eigenvalue weighted by molar-refractivity contribution is 5.17. The van der Waals surface area contributed by atoms with E-state index in [1.54, 1.807) is 0 Å². The number of hydrogen-bond donors (Lipinski definition) is 0. The molecule has 1 heteroatoms. The normalized spacial score (nSPS) is 41.0. The van der Waals surface area contributed by atoms with Gasteiger partial charge >= 0.3 is 0 Å². The first kappa shape index (κ1) is 8.55. The summed E-state index contributed by atoms with van der Waals surface area (Å²) in [6.07, 6.45) is 2.93. The van der Waals surface area contributed by atoms with Gasteiger partial charge in [-0.3, -0.25) is 4.90 Å². The summed E-state index contributed by atoms with van der Waals surface area (Å²) < 4.78 is 0. The van der Waals surface area contributed by atoms with Crippen molar-refractivity contribution in [2.45, 2.75) is 52.1 Å². The van der Waals surface area contributed by atoms with Crippen LogP contribution >= 0.6 is 0 Å². The molecule has 0 bridgehead atoms. The van der Waals surface area contributed by atoms with E-state index in [1.165, 1.54) is 19.4 Å². The average Bonchev–Trinajstić information content (AvgIpc) is 2.58. The van der Waals surface area contributed by atoms with Gasteiger partial charge in [-0.1, -0.05) is 13.8 Å². The third kappa shape index (κ3) is 0.891. The molecule has 1 aliphatic carbocycles. The molecule has 0 spiro atoms. The smallest absolute Gasteiger partial charge is 0.0267 e. The predicted octanol–water partition coefficient (Wildman–Crippen LogP) is 2.52. The zero-order valence-electron chi connectivity index (χ0n) is 8.80. The Bertz CT molecular complexity index is 181. The Hall–Kier alpha value is -0.0400. The Kier molecular flexibility index (Phi) is 1.76. The molecule has 12 heavy (non-hydrogen) atoms. The SMILES string of the molecule is CC(C)N1CC[C@@H]2C[C@@]21C(C)C. The Morgan fingerprint density at radius 3 is 2.25 bits per heavy atom. The molecule has 0 unspecified atom stereocenters. The number of nitrogens with zero attached hydrogens (tertiary/aromatic N) is 1. The van der Waals surface area contributed by atoms with E-state index in [4.69, 9.17) is 0 Å². The fourth-order valence-corrected chi connectivity index (χ4v) is 3.32. The number of piperidine rings is 1. The van der Waals surface area contributed by atoms with Crippen molar-refractivity contribution in [3.8, 4) is 0 Å². The van der Waals surface area contributed by atoms with Gasteiger partial charge in [-0.15, -0.1) is 0 Å². The van der Waals surface area contributed by atoms with Gasteiger partial charge in [0, 0.05) is 11.6 Å². The largest absolute Gasteiger partial charge is 0.295 e. The molecule has 1 aliphatic heterocycles. The average molecular weight is 167 g/mol. The van der Waals surface area contributed by atoms with Gasteiger partial charge in [0.15, 0.2) is 0 Å². The molecule has 0 aromatic rings. The lowest BCUT2D eigenvalue weighted by Gasteiger charge is -2.34. The third-order valence-electron chi connectivity index (χ3n) is 4.00. The lowest BCUT2D eigenvalue weighted by molar-refractivity contribution is 0.125. The summed E-state index contributed by atoms with van der Waals surface area (Å²) in [6, 6.07) is 0.750. The van der Waals surface area contributed by atoms with Crippen molar-refractivity contribution in [1.82, 2.24) is 4.90 Å². The summed E-state index contributed by atoms with van der Waals surface area (Å²) in [7, 11) is 0. The minimum absolute atomic E-state index is 0.633. The third-order valence-corrected chi connectivity index (χ3v) is 4.00. The van der Waals surface area contributed by atoms with E-state index in [0.29, 0.717) is 5.54 Å². The van der Waals surface area contributed by atoms with E-state index in [-0.39, 0.29) is 0 Å². The highest BCUT2D eigenvalue weighted by atomic mass is 15.3. The maximum atomic E-state index is 2.74. The number of hydrogen-bond acceptors (Lipinski definition) is 1. The molecule has 2 rings (SSSR count). The van der Waals surface area contributed by atoms with Crippen LogP contribution in [0, 0.1) is 11.8 Å². The Morgan fingerprint density at radius 2 is 1.92 bits per heavy atom. The number of fused-ring (bicyclic) bond motifs is 1. The van der Waals surface area contributed by atoms with Crippen LogP contribution in [0.25, 0.3) is 0 Å². The molecule has 2 aliphatic rings. The number of rotatable bonds is 2. The zero-order chi connectivity index (χ0) is 8.93. The molecule has 1 heterocycles. The van der Waals surface area contributed by atoms with Crippen LogP contribution in [-0.4, -0.2) is 23.0 Å². The van der Waals surface area contributed by atoms with Crippen molar-refractivity contribution in [3.63, 3.8) is 0 Å². The highest BCUT2D eigenvalue weighted by Gasteiger charge is 2.63. The fraction of sp³-hybridized carbons (Fsp3) is 1.00. The van der Waals surface area contributed by atoms with Crippen LogP contribution in [0.1, 0.15) is 40.5 Å². The molecule has 70 valence electrons. The molecule has 1 saturated heterocycles. The molecule has 0 N–H and O–H groups in total. The Balaban J connectivity index is 2.16. The first-order valence-electron chi connectivity index (χ1n) is 5.35.